The molecule has 11 heavy (non-hydrogen) atoms. The maximum Gasteiger partial charge on any atom is 0.469 e. The minimum Gasteiger partial charge on any atom is -0.378 e. The summed E-state index contributed by atoms with van der Waals surface area (Å²) in [6.45, 7) is 0.771. The largest absolute Gasteiger partial charge is 0.469 e. The van der Waals surface area contributed by atoms with Crippen LogP contribution in [0.15, 0.2) is 0 Å². The number of phosphoric acid groups is 1. The molecule has 0 radical (unpaired) electrons. The predicted molar refractivity (Wildman–Crippen MR) is 37.9 cm³/mol. The first-order valence-corrected chi connectivity index (χ1v) is 4.57. The van der Waals surface area contributed by atoms with E-state index in [9.17, 15) is 4.57 Å². The van der Waals surface area contributed by atoms with E-state index in [1.165, 1.54) is 0 Å². The van der Waals surface area contributed by atoms with Crippen LogP contribution in [0.2, 0.25) is 0 Å². The van der Waals surface area contributed by atoms with Crippen LogP contribution in [0.25, 0.3) is 0 Å². The molecule has 0 rings (SSSR count). The summed E-state index contributed by atoms with van der Waals surface area (Å²) < 4.78 is 18.9. The first-order chi connectivity index (χ1) is 5.06. The molecule has 0 unspecified atom stereocenters. The van der Waals surface area contributed by atoms with Crippen molar-refractivity contribution in [3.63, 3.8) is 0 Å². The third-order valence-corrected chi connectivity index (χ3v) is 1.27. The molecule has 0 saturated heterocycles. The van der Waals surface area contributed by atoms with E-state index in [1.54, 1.807) is 0 Å². The van der Waals surface area contributed by atoms with Crippen molar-refractivity contribution in [2.45, 2.75) is 0 Å². The van der Waals surface area contributed by atoms with E-state index >= 15 is 0 Å². The van der Waals surface area contributed by atoms with Gasteiger partial charge in [-0.15, -0.1) is 0 Å². The van der Waals surface area contributed by atoms with E-state index in [1.807, 2.05) is 0 Å². The fourth-order valence-electron chi connectivity index (χ4n) is 0.401. The molecule has 0 saturated carbocycles. The fourth-order valence-corrected chi connectivity index (χ4v) is 0.713. The number of hydrogen-bond donors (Lipinski definition) is 3. The molecule has 0 aliphatic heterocycles. The average molecular weight is 185 g/mol. The smallest absolute Gasteiger partial charge is 0.378 e. The topological polar surface area (TPSA) is 102 Å². The zero-order chi connectivity index (χ0) is 8.74. The maximum atomic E-state index is 10.1. The molecule has 7 heteroatoms. The Kier molecular flexibility index (Phi) is 5.67. The number of ether oxygens (including phenoxy) is 1. The van der Waals surface area contributed by atoms with Gasteiger partial charge >= 0.3 is 7.82 Å². The summed E-state index contributed by atoms with van der Waals surface area (Å²) in [4.78, 5) is 16.4. The van der Waals surface area contributed by atoms with E-state index in [-0.39, 0.29) is 13.2 Å². The van der Waals surface area contributed by atoms with Crippen molar-refractivity contribution in [1.82, 2.24) is 0 Å². The lowest BCUT2D eigenvalue weighted by molar-refractivity contribution is 0.0900. The Labute approximate surface area is 64.5 Å². The molecule has 0 bridgehead atoms. The van der Waals surface area contributed by atoms with Crippen LogP contribution < -0.4 is 5.73 Å². The average Bonchev–Trinajstić information content (AvgIpc) is 1.85. The van der Waals surface area contributed by atoms with Gasteiger partial charge in [-0.1, -0.05) is 0 Å². The molecule has 0 fully saturated rings. The molecular formula is C4H12NO5P. The van der Waals surface area contributed by atoms with Gasteiger partial charge in [0.15, 0.2) is 0 Å². The standard InChI is InChI=1S/C4H12NO5P/c5-1-2-9-3-4-10-11(6,7)8/h1-5H2,(H2,6,7,8). The van der Waals surface area contributed by atoms with Gasteiger partial charge < -0.3 is 20.3 Å². The molecule has 0 heterocycles. The van der Waals surface area contributed by atoms with Crippen molar-refractivity contribution in [3.8, 4) is 0 Å². The van der Waals surface area contributed by atoms with Crippen LogP contribution >= 0.6 is 7.82 Å². The SMILES string of the molecule is NCCOCCOP(=O)(O)O. The molecule has 0 aromatic rings. The minimum absolute atomic E-state index is 0.121. The first kappa shape index (κ1) is 11.0. The molecule has 4 N–H and O–H groups in total. The molecule has 0 aromatic carbocycles. The second kappa shape index (κ2) is 5.65. The van der Waals surface area contributed by atoms with Crippen LogP contribution in [-0.2, 0) is 13.8 Å². The molecule has 0 aliphatic carbocycles. The summed E-state index contributed by atoms with van der Waals surface area (Å²) in [5, 5.41) is 0. The number of hydrogen-bond acceptors (Lipinski definition) is 4. The molecule has 0 aliphatic rings. The van der Waals surface area contributed by atoms with E-state index in [4.69, 9.17) is 20.3 Å². The fraction of sp³-hybridized carbons (Fsp3) is 1.00. The predicted octanol–water partition coefficient (Wildman–Crippen LogP) is -0.929. The van der Waals surface area contributed by atoms with Crippen molar-refractivity contribution >= 4 is 7.82 Å². The molecular weight excluding hydrogens is 173 g/mol. The zero-order valence-corrected chi connectivity index (χ0v) is 6.87. The monoisotopic (exact) mass is 185 g/mol. The zero-order valence-electron chi connectivity index (χ0n) is 5.97. The van der Waals surface area contributed by atoms with Crippen LogP contribution in [0.5, 0.6) is 0 Å². The summed E-state index contributed by atoms with van der Waals surface area (Å²) in [7, 11) is -4.33. The molecule has 0 atom stereocenters. The van der Waals surface area contributed by atoms with Crippen molar-refractivity contribution in [1.29, 1.82) is 0 Å². The van der Waals surface area contributed by atoms with Crippen LogP contribution in [-0.4, -0.2) is 36.2 Å². The summed E-state index contributed by atoms with van der Waals surface area (Å²) in [6.07, 6.45) is 0. The van der Waals surface area contributed by atoms with Gasteiger partial charge in [0.25, 0.3) is 0 Å². The second-order valence-electron chi connectivity index (χ2n) is 1.72. The summed E-state index contributed by atoms with van der Waals surface area (Å²) in [5.41, 5.74) is 5.08. The Morgan fingerprint density at radius 3 is 2.36 bits per heavy atom. The molecule has 68 valence electrons. The highest BCUT2D eigenvalue weighted by Crippen LogP contribution is 2.35. The Morgan fingerprint density at radius 2 is 1.91 bits per heavy atom. The van der Waals surface area contributed by atoms with Crippen molar-refractivity contribution in [3.05, 3.63) is 0 Å². The normalized spacial score (nSPS) is 11.9. The lowest BCUT2D eigenvalue weighted by Gasteiger charge is -2.04. The van der Waals surface area contributed by atoms with E-state index in [0.29, 0.717) is 13.2 Å². The minimum atomic E-state index is -4.33. The van der Waals surface area contributed by atoms with Gasteiger partial charge in [0, 0.05) is 6.54 Å². The third-order valence-electron chi connectivity index (χ3n) is 0.749. The Morgan fingerprint density at radius 1 is 1.27 bits per heavy atom. The van der Waals surface area contributed by atoms with E-state index in [2.05, 4.69) is 4.52 Å². The van der Waals surface area contributed by atoms with Crippen LogP contribution in [0.4, 0.5) is 0 Å². The molecule has 6 nitrogen and oxygen atoms in total. The van der Waals surface area contributed by atoms with Gasteiger partial charge in [-0.3, -0.25) is 4.52 Å². The number of nitrogens with two attached hydrogens (primary N) is 1. The Balaban J connectivity index is 3.09. The van der Waals surface area contributed by atoms with Crippen LogP contribution in [0.1, 0.15) is 0 Å². The van der Waals surface area contributed by atoms with Crippen molar-refractivity contribution in [2.24, 2.45) is 5.73 Å². The first-order valence-electron chi connectivity index (χ1n) is 3.04. The summed E-state index contributed by atoms with van der Waals surface area (Å²) >= 11 is 0. The second-order valence-corrected chi connectivity index (χ2v) is 2.96. The van der Waals surface area contributed by atoms with Gasteiger partial charge in [0.1, 0.15) is 0 Å². The number of phosphoric ester groups is 1. The van der Waals surface area contributed by atoms with Gasteiger partial charge in [0.2, 0.25) is 0 Å². The van der Waals surface area contributed by atoms with E-state index in [0.717, 1.165) is 0 Å². The summed E-state index contributed by atoms with van der Waals surface area (Å²) in [5.74, 6) is 0. The highest BCUT2D eigenvalue weighted by Gasteiger charge is 2.12. The van der Waals surface area contributed by atoms with E-state index < -0.39 is 7.82 Å². The lowest BCUT2D eigenvalue weighted by atomic mass is 10.7. The quantitative estimate of drug-likeness (QED) is 0.365. The van der Waals surface area contributed by atoms with Gasteiger partial charge in [-0.25, -0.2) is 4.57 Å². The highest BCUT2D eigenvalue weighted by molar-refractivity contribution is 7.46. The molecule has 0 spiro atoms. The van der Waals surface area contributed by atoms with Gasteiger partial charge in [-0.2, -0.15) is 0 Å². The Hall–Kier alpha value is 0.0300. The van der Waals surface area contributed by atoms with Gasteiger partial charge in [0.05, 0.1) is 19.8 Å². The molecule has 0 aromatic heterocycles. The van der Waals surface area contributed by atoms with Crippen molar-refractivity contribution in [2.75, 3.05) is 26.4 Å². The van der Waals surface area contributed by atoms with Crippen LogP contribution in [0, 0.1) is 0 Å². The maximum absolute atomic E-state index is 10.1. The van der Waals surface area contributed by atoms with Crippen molar-refractivity contribution < 1.29 is 23.6 Å². The van der Waals surface area contributed by atoms with Gasteiger partial charge in [-0.05, 0) is 0 Å². The third kappa shape index (κ3) is 10.0. The van der Waals surface area contributed by atoms with Crippen LogP contribution in [0.3, 0.4) is 0 Å². The highest BCUT2D eigenvalue weighted by atomic mass is 31.2. The molecule has 0 amide bonds. The number of rotatable bonds is 6. The lowest BCUT2D eigenvalue weighted by Crippen LogP contribution is -2.11. The Bertz CT molecular complexity index is 134. The summed E-state index contributed by atoms with van der Waals surface area (Å²) in [6, 6.07) is 0.